The predicted molar refractivity (Wildman–Crippen MR) is 74.1 cm³/mol. The van der Waals surface area contributed by atoms with Crippen molar-refractivity contribution in [1.29, 1.82) is 0 Å². The maximum absolute atomic E-state index is 10.1. The molecule has 1 aromatic carbocycles. The fourth-order valence-electron chi connectivity index (χ4n) is 1.82. The van der Waals surface area contributed by atoms with Crippen molar-refractivity contribution in [2.24, 2.45) is 0 Å². The lowest BCUT2D eigenvalue weighted by Gasteiger charge is -2.14. The molecular weight excluding hydrogens is 246 g/mol. The number of rotatable bonds is 3. The predicted octanol–water partition coefficient (Wildman–Crippen LogP) is 3.35. The molecule has 96 valence electrons. The lowest BCUT2D eigenvalue weighted by atomic mass is 10.1. The molecule has 0 aliphatic rings. The number of aryl methyl sites for hydroxylation is 1. The van der Waals surface area contributed by atoms with Gasteiger partial charge in [0.15, 0.2) is 0 Å². The maximum atomic E-state index is 10.1. The molecule has 18 heavy (non-hydrogen) atoms. The maximum Gasteiger partial charge on any atom is 0.123 e. The molecule has 4 heteroatoms. The summed E-state index contributed by atoms with van der Waals surface area (Å²) < 4.78 is 5.13. The highest BCUT2D eigenvalue weighted by molar-refractivity contribution is 7.15. The number of ether oxygens (including phenoxy) is 1. The van der Waals surface area contributed by atoms with E-state index >= 15 is 0 Å². The van der Waals surface area contributed by atoms with E-state index in [9.17, 15) is 5.11 Å². The average molecular weight is 263 g/mol. The molecule has 0 aliphatic carbocycles. The van der Waals surface area contributed by atoms with Gasteiger partial charge in [-0.2, -0.15) is 0 Å². The van der Waals surface area contributed by atoms with E-state index in [0.29, 0.717) is 0 Å². The molecule has 1 N–H and O–H groups in total. The Morgan fingerprint density at radius 1 is 1.22 bits per heavy atom. The van der Waals surface area contributed by atoms with Gasteiger partial charge in [-0.25, -0.2) is 4.98 Å². The molecule has 0 amide bonds. The molecule has 3 nitrogen and oxygen atoms in total. The molecule has 2 rings (SSSR count). The zero-order valence-electron chi connectivity index (χ0n) is 11.0. The normalized spacial score (nSPS) is 11.6. The van der Waals surface area contributed by atoms with Crippen LogP contribution in [0.5, 0.6) is 5.75 Å². The van der Waals surface area contributed by atoms with E-state index in [1.54, 1.807) is 21.0 Å². The number of aliphatic hydroxyl groups is 1. The second-order valence-corrected chi connectivity index (χ2v) is 5.72. The first-order valence-corrected chi connectivity index (χ1v) is 6.58. The summed E-state index contributed by atoms with van der Waals surface area (Å²) in [6.07, 6.45) is 0. The van der Waals surface area contributed by atoms with E-state index in [1.165, 1.54) is 11.3 Å². The molecule has 0 spiro atoms. The van der Waals surface area contributed by atoms with Crippen LogP contribution in [0.25, 0.3) is 10.6 Å². The Labute approximate surface area is 111 Å². The van der Waals surface area contributed by atoms with Gasteiger partial charge in [-0.15, -0.1) is 11.3 Å². The molecule has 0 fully saturated rings. The minimum absolute atomic E-state index is 0.828. The van der Waals surface area contributed by atoms with Crippen molar-refractivity contribution in [3.8, 4) is 16.3 Å². The minimum atomic E-state index is -0.841. The van der Waals surface area contributed by atoms with E-state index < -0.39 is 5.60 Å². The van der Waals surface area contributed by atoms with Crippen LogP contribution in [0.4, 0.5) is 0 Å². The van der Waals surface area contributed by atoms with Gasteiger partial charge in [-0.1, -0.05) is 0 Å². The van der Waals surface area contributed by atoms with Crippen LogP contribution in [0.3, 0.4) is 0 Å². The van der Waals surface area contributed by atoms with Gasteiger partial charge in [0.05, 0.1) is 23.3 Å². The van der Waals surface area contributed by atoms with Crippen LogP contribution in [0, 0.1) is 6.92 Å². The van der Waals surface area contributed by atoms with Gasteiger partial charge in [0.1, 0.15) is 10.8 Å². The number of hydrogen-bond acceptors (Lipinski definition) is 4. The molecule has 0 atom stereocenters. The fourth-order valence-corrected chi connectivity index (χ4v) is 2.89. The van der Waals surface area contributed by atoms with Crippen LogP contribution in [0.15, 0.2) is 24.3 Å². The first-order valence-electron chi connectivity index (χ1n) is 5.76. The van der Waals surface area contributed by atoms with E-state index in [1.807, 2.05) is 31.2 Å². The van der Waals surface area contributed by atoms with Crippen molar-refractivity contribution in [3.05, 3.63) is 34.8 Å². The highest BCUT2D eigenvalue weighted by Gasteiger charge is 2.23. The monoisotopic (exact) mass is 263 g/mol. The number of thiazole rings is 1. The van der Waals surface area contributed by atoms with Crippen molar-refractivity contribution in [3.63, 3.8) is 0 Å². The van der Waals surface area contributed by atoms with Gasteiger partial charge >= 0.3 is 0 Å². The lowest BCUT2D eigenvalue weighted by molar-refractivity contribution is 0.0817. The van der Waals surface area contributed by atoms with Crippen LogP contribution in [-0.4, -0.2) is 17.2 Å². The number of aromatic nitrogens is 1. The van der Waals surface area contributed by atoms with Crippen LogP contribution in [0.1, 0.15) is 24.4 Å². The molecule has 1 aromatic heterocycles. The largest absolute Gasteiger partial charge is 0.497 e. The Morgan fingerprint density at radius 2 is 1.83 bits per heavy atom. The Kier molecular flexibility index (Phi) is 3.41. The highest BCUT2D eigenvalue weighted by atomic mass is 32.1. The first kappa shape index (κ1) is 13.1. The third-order valence-electron chi connectivity index (χ3n) is 2.69. The third kappa shape index (κ3) is 2.54. The lowest BCUT2D eigenvalue weighted by Crippen LogP contribution is -2.14. The van der Waals surface area contributed by atoms with Crippen LogP contribution < -0.4 is 4.74 Å². The van der Waals surface area contributed by atoms with Crippen molar-refractivity contribution in [1.82, 2.24) is 4.98 Å². The minimum Gasteiger partial charge on any atom is -0.497 e. The molecule has 0 bridgehead atoms. The first-order chi connectivity index (χ1) is 8.41. The summed E-state index contributed by atoms with van der Waals surface area (Å²) >= 11 is 1.53. The van der Waals surface area contributed by atoms with Crippen LogP contribution in [-0.2, 0) is 5.60 Å². The van der Waals surface area contributed by atoms with Gasteiger partial charge in [-0.3, -0.25) is 0 Å². The smallest absolute Gasteiger partial charge is 0.123 e. The van der Waals surface area contributed by atoms with Gasteiger partial charge in [0.2, 0.25) is 0 Å². The molecule has 2 aromatic rings. The molecule has 0 unspecified atom stereocenters. The van der Waals surface area contributed by atoms with Crippen LogP contribution >= 0.6 is 11.3 Å². The summed E-state index contributed by atoms with van der Waals surface area (Å²) in [7, 11) is 1.65. The van der Waals surface area contributed by atoms with Gasteiger partial charge < -0.3 is 9.84 Å². The van der Waals surface area contributed by atoms with Crippen molar-refractivity contribution in [2.45, 2.75) is 26.4 Å². The fraction of sp³-hybridized carbons (Fsp3) is 0.357. The second-order valence-electron chi connectivity index (χ2n) is 4.72. The van der Waals surface area contributed by atoms with Crippen molar-refractivity contribution in [2.75, 3.05) is 7.11 Å². The van der Waals surface area contributed by atoms with Gasteiger partial charge in [0.25, 0.3) is 0 Å². The van der Waals surface area contributed by atoms with E-state index in [4.69, 9.17) is 4.74 Å². The van der Waals surface area contributed by atoms with E-state index in [0.717, 1.165) is 26.9 Å². The zero-order valence-corrected chi connectivity index (χ0v) is 11.8. The Morgan fingerprint density at radius 3 is 2.28 bits per heavy atom. The Hall–Kier alpha value is -1.39. The highest BCUT2D eigenvalue weighted by Crippen LogP contribution is 2.34. The number of benzene rings is 1. The van der Waals surface area contributed by atoms with Gasteiger partial charge in [-0.05, 0) is 45.0 Å². The second kappa shape index (κ2) is 4.71. The topological polar surface area (TPSA) is 42.4 Å². The summed E-state index contributed by atoms with van der Waals surface area (Å²) in [5, 5.41) is 11.0. The van der Waals surface area contributed by atoms with Crippen LogP contribution in [0.2, 0.25) is 0 Å². The average Bonchev–Trinajstić information content (AvgIpc) is 2.71. The zero-order chi connectivity index (χ0) is 13.3. The van der Waals surface area contributed by atoms with Crippen molar-refractivity contribution < 1.29 is 9.84 Å². The summed E-state index contributed by atoms with van der Waals surface area (Å²) in [6, 6.07) is 7.78. The quantitative estimate of drug-likeness (QED) is 0.923. The number of nitrogens with zero attached hydrogens (tertiary/aromatic N) is 1. The molecule has 0 radical (unpaired) electrons. The summed E-state index contributed by atoms with van der Waals surface area (Å²) in [5.41, 5.74) is 1.09. The Balaban J connectivity index is 2.39. The Bertz CT molecular complexity index is 538. The molecule has 0 saturated heterocycles. The van der Waals surface area contributed by atoms with Gasteiger partial charge in [0, 0.05) is 5.56 Å². The summed E-state index contributed by atoms with van der Waals surface area (Å²) in [6.45, 7) is 5.49. The third-order valence-corrected chi connectivity index (χ3v) is 4.21. The van der Waals surface area contributed by atoms with E-state index in [-0.39, 0.29) is 0 Å². The molecular formula is C14H17NO2S. The summed E-state index contributed by atoms with van der Waals surface area (Å²) in [5.74, 6) is 0.828. The molecule has 1 heterocycles. The number of hydrogen-bond donors (Lipinski definition) is 1. The standard InChI is InChI=1S/C14H17NO2S/c1-9-12(14(2,3)16)18-13(15-9)10-5-7-11(17-4)8-6-10/h5-8,16H,1-4H3. The molecule has 0 aliphatic heterocycles. The summed E-state index contributed by atoms with van der Waals surface area (Å²) in [4.78, 5) is 5.43. The SMILES string of the molecule is COc1ccc(-c2nc(C)c(C(C)(C)O)s2)cc1. The van der Waals surface area contributed by atoms with Crippen molar-refractivity contribution >= 4 is 11.3 Å². The van der Waals surface area contributed by atoms with E-state index in [2.05, 4.69) is 4.98 Å². The molecule has 0 saturated carbocycles. The number of methoxy groups -OCH3 is 1.